The van der Waals surface area contributed by atoms with Crippen molar-refractivity contribution in [3.05, 3.63) is 69.1 Å². The molecule has 2 amide bonds. The molecule has 2 heterocycles. The molecule has 2 N–H and O–H groups in total. The summed E-state index contributed by atoms with van der Waals surface area (Å²) in [7, 11) is 0. The van der Waals surface area contributed by atoms with Gasteiger partial charge in [0, 0.05) is 49.9 Å². The zero-order valence-corrected chi connectivity index (χ0v) is 29.5. The van der Waals surface area contributed by atoms with Crippen molar-refractivity contribution < 1.29 is 18.9 Å². The van der Waals surface area contributed by atoms with Crippen molar-refractivity contribution in [3.63, 3.8) is 0 Å². The molecular formula is C38H58N4O4. The van der Waals surface area contributed by atoms with Crippen LogP contribution in [0, 0.1) is 10.4 Å². The molecule has 8 heteroatoms. The zero-order valence-electron chi connectivity index (χ0n) is 29.5. The highest BCUT2D eigenvalue weighted by Crippen LogP contribution is 2.36. The lowest BCUT2D eigenvalue weighted by Gasteiger charge is -2.45. The van der Waals surface area contributed by atoms with Crippen molar-refractivity contribution in [2.45, 2.75) is 130 Å². The lowest BCUT2D eigenvalue weighted by Crippen LogP contribution is -2.54. The average Bonchev–Trinajstić information content (AvgIpc) is 3.57. The Kier molecular flexibility index (Phi) is 11.7. The molecule has 2 aliphatic rings. The monoisotopic (exact) mass is 634 g/mol. The lowest BCUT2D eigenvalue weighted by molar-refractivity contribution is -0.889. The number of likely N-dealkylation sites (tertiary alicyclic amines) is 2. The van der Waals surface area contributed by atoms with Crippen LogP contribution in [0.25, 0.3) is 0 Å². The van der Waals surface area contributed by atoms with Gasteiger partial charge in [0.25, 0.3) is 11.8 Å². The van der Waals surface area contributed by atoms with Gasteiger partial charge in [-0.15, -0.1) is 0 Å². The fourth-order valence-corrected chi connectivity index (χ4v) is 7.67. The van der Waals surface area contributed by atoms with E-state index in [1.54, 1.807) is 0 Å². The molecule has 0 unspecified atom stereocenters. The first-order chi connectivity index (χ1) is 21.7. The number of quaternary nitrogens is 2. The van der Waals surface area contributed by atoms with Gasteiger partial charge in [0.15, 0.2) is 12.1 Å². The number of hydrogen-bond acceptors (Lipinski definition) is 4. The highest BCUT2D eigenvalue weighted by Gasteiger charge is 2.42. The number of benzene rings is 2. The van der Waals surface area contributed by atoms with Crippen LogP contribution in [0.5, 0.6) is 0 Å². The van der Waals surface area contributed by atoms with E-state index >= 15 is 0 Å². The van der Waals surface area contributed by atoms with Crippen LogP contribution in [-0.2, 0) is 9.59 Å². The van der Waals surface area contributed by atoms with Crippen molar-refractivity contribution >= 4 is 23.2 Å². The predicted molar refractivity (Wildman–Crippen MR) is 189 cm³/mol. The molecule has 254 valence electrons. The van der Waals surface area contributed by atoms with E-state index in [1.807, 2.05) is 12.1 Å². The maximum absolute atomic E-state index is 14.1. The van der Waals surface area contributed by atoms with E-state index in [1.165, 1.54) is 0 Å². The summed E-state index contributed by atoms with van der Waals surface area (Å²) in [5, 5.41) is 34.5. The molecule has 4 rings (SSSR count). The number of carbonyl (C=O) groups excluding carboxylic acids is 2. The van der Waals surface area contributed by atoms with Crippen LogP contribution in [0.15, 0.2) is 36.4 Å². The van der Waals surface area contributed by atoms with E-state index in [0.29, 0.717) is 64.7 Å². The summed E-state index contributed by atoms with van der Waals surface area (Å²) in [6, 6.07) is 11.0. The first-order valence-corrected chi connectivity index (χ1v) is 17.7. The lowest BCUT2D eigenvalue weighted by atomic mass is 9.92. The molecule has 2 aromatic carbocycles. The first kappa shape index (κ1) is 36.1. The number of amides is 2. The number of carbonyl (C=O) groups is 2. The van der Waals surface area contributed by atoms with E-state index in [9.17, 15) is 20.0 Å². The Morgan fingerprint density at radius 1 is 0.630 bits per heavy atom. The van der Waals surface area contributed by atoms with Gasteiger partial charge in [0.2, 0.25) is 0 Å². The van der Waals surface area contributed by atoms with Crippen LogP contribution in [0.2, 0.25) is 0 Å². The van der Waals surface area contributed by atoms with Gasteiger partial charge >= 0.3 is 0 Å². The normalized spacial score (nSPS) is 24.8. The Hall–Kier alpha value is -2.78. The molecule has 8 nitrogen and oxygen atoms in total. The van der Waals surface area contributed by atoms with Crippen LogP contribution >= 0.6 is 0 Å². The maximum atomic E-state index is 14.1. The molecule has 2 aromatic rings. The summed E-state index contributed by atoms with van der Waals surface area (Å²) >= 11 is 0. The summed E-state index contributed by atoms with van der Waals surface area (Å²) in [5.74, 6) is 0.563. The Morgan fingerprint density at radius 2 is 0.935 bits per heavy atom. The molecule has 0 saturated carbocycles. The van der Waals surface area contributed by atoms with Gasteiger partial charge in [-0.3, -0.25) is 9.59 Å². The number of hydrogen-bond donors (Lipinski definition) is 2. The second-order valence-electron chi connectivity index (χ2n) is 15.0. The minimum absolute atomic E-state index is 0.200. The van der Waals surface area contributed by atoms with Gasteiger partial charge in [-0.25, -0.2) is 0 Å². The van der Waals surface area contributed by atoms with Crippen LogP contribution in [0.4, 0.5) is 11.4 Å². The van der Waals surface area contributed by atoms with Gasteiger partial charge in [0.05, 0.1) is 26.2 Å². The van der Waals surface area contributed by atoms with Gasteiger partial charge < -0.3 is 30.3 Å². The summed E-state index contributed by atoms with van der Waals surface area (Å²) in [6.07, 6.45) is 3.66. The standard InChI is InChI=1S/C38H58N4O4/c1-25(2)29-15-11-16-30(26(3)4)35(29)39-37(43)33-19-13-23-41(33,45)21-9-10-22-42(46)24-14-20-34(42)38(44)40-36-31(27(5)6)17-12-18-32(36)28(7)8/h11-12,15-18,25-28,33-34H,9-10,13-14,19-24H2,1-8H3,(H,39,43)(H,40,44)/t33-,34-,41-,42-/m0/s1. The van der Waals surface area contributed by atoms with Crippen molar-refractivity contribution in [1.29, 1.82) is 0 Å². The van der Waals surface area contributed by atoms with Gasteiger partial charge in [-0.2, -0.15) is 0 Å². The molecule has 0 radical (unpaired) electrons. The summed E-state index contributed by atoms with van der Waals surface area (Å²) in [6.45, 7) is 18.4. The number of anilines is 2. The maximum Gasteiger partial charge on any atom is 0.283 e. The fraction of sp³-hybridized carbons (Fsp3) is 0.632. The molecule has 4 atom stereocenters. The highest BCUT2D eigenvalue weighted by molar-refractivity contribution is 5.96. The molecular weight excluding hydrogens is 576 g/mol. The molecule has 0 spiro atoms. The number of nitrogens with one attached hydrogen (secondary N) is 2. The van der Waals surface area contributed by atoms with Gasteiger partial charge in [0.1, 0.15) is 0 Å². The van der Waals surface area contributed by atoms with Gasteiger partial charge in [-0.1, -0.05) is 91.8 Å². The van der Waals surface area contributed by atoms with Crippen LogP contribution in [-0.4, -0.2) is 59.4 Å². The third-order valence-electron chi connectivity index (χ3n) is 10.3. The zero-order chi connectivity index (χ0) is 33.8. The third kappa shape index (κ3) is 7.84. The van der Waals surface area contributed by atoms with E-state index in [2.05, 4.69) is 90.3 Å². The quantitative estimate of drug-likeness (QED) is 0.131. The summed E-state index contributed by atoms with van der Waals surface area (Å²) in [5.41, 5.74) is 6.05. The third-order valence-corrected chi connectivity index (χ3v) is 10.3. The number of para-hydroxylation sites is 2. The Labute approximate surface area is 277 Å². The number of rotatable bonds is 13. The molecule has 0 bridgehead atoms. The number of hydroxylamine groups is 6. The first-order valence-electron chi connectivity index (χ1n) is 17.7. The Morgan fingerprint density at radius 3 is 1.22 bits per heavy atom. The molecule has 2 aliphatic heterocycles. The Balaban J connectivity index is 1.39. The number of unbranched alkanes of at least 4 members (excludes halogenated alkanes) is 1. The minimum Gasteiger partial charge on any atom is -0.632 e. The van der Waals surface area contributed by atoms with Crippen molar-refractivity contribution in [3.8, 4) is 0 Å². The van der Waals surface area contributed by atoms with Crippen LogP contribution in [0.1, 0.15) is 140 Å². The molecule has 2 saturated heterocycles. The largest absolute Gasteiger partial charge is 0.632 e. The van der Waals surface area contributed by atoms with Crippen molar-refractivity contribution in [2.75, 3.05) is 36.8 Å². The average molecular weight is 635 g/mol. The molecule has 0 aromatic heterocycles. The SMILES string of the molecule is CC(C)c1cccc(C(C)C)c1NC(=O)[C@@H]1CCC[N@@+]1([O-])CCCC[N@+]1([O-])CCC[C@H]1C(=O)Nc1c(C(C)C)cccc1C(C)C. The van der Waals surface area contributed by atoms with Crippen LogP contribution < -0.4 is 10.6 Å². The molecule has 0 aliphatic carbocycles. The van der Waals surface area contributed by atoms with Gasteiger partial charge in [-0.05, 0) is 45.9 Å². The summed E-state index contributed by atoms with van der Waals surface area (Å²) < 4.78 is -1.08. The second kappa shape index (κ2) is 15.0. The Bertz CT molecular complexity index is 1220. The topological polar surface area (TPSA) is 104 Å². The fourth-order valence-electron chi connectivity index (χ4n) is 7.67. The highest BCUT2D eigenvalue weighted by atomic mass is 16.6. The summed E-state index contributed by atoms with van der Waals surface area (Å²) in [4.78, 5) is 27.3. The molecule has 2 fully saturated rings. The van der Waals surface area contributed by atoms with Crippen molar-refractivity contribution in [2.24, 2.45) is 0 Å². The molecule has 46 heavy (non-hydrogen) atoms. The van der Waals surface area contributed by atoms with E-state index < -0.39 is 21.4 Å². The van der Waals surface area contributed by atoms with E-state index in [0.717, 1.165) is 33.6 Å². The number of nitrogens with zero attached hydrogens (tertiary/aromatic N) is 2. The smallest absolute Gasteiger partial charge is 0.283 e. The van der Waals surface area contributed by atoms with Crippen molar-refractivity contribution in [1.82, 2.24) is 0 Å². The second-order valence-corrected chi connectivity index (χ2v) is 15.0. The van der Waals surface area contributed by atoms with Crippen LogP contribution in [0.3, 0.4) is 0 Å². The minimum atomic E-state index is -0.655. The van der Waals surface area contributed by atoms with E-state index in [4.69, 9.17) is 0 Å². The predicted octanol–water partition coefficient (Wildman–Crippen LogP) is 8.49. The van der Waals surface area contributed by atoms with E-state index in [-0.39, 0.29) is 35.5 Å².